The molecule has 1 N–H and O–H groups in total. The lowest BCUT2D eigenvalue weighted by molar-refractivity contribution is -0.121. The number of methoxy groups -OCH3 is 2. The fraction of sp³-hybridized carbons (Fsp3) is 0.208. The van der Waals surface area contributed by atoms with E-state index in [0.717, 1.165) is 16.1 Å². The second kappa shape index (κ2) is 9.33. The lowest BCUT2D eigenvalue weighted by Crippen LogP contribution is -2.38. The number of thiazole rings is 1. The molecule has 0 saturated heterocycles. The molecule has 1 aromatic heterocycles. The Morgan fingerprint density at radius 3 is 2.76 bits per heavy atom. The second-order valence-electron chi connectivity index (χ2n) is 7.21. The van der Waals surface area contributed by atoms with Crippen molar-refractivity contribution in [1.29, 1.82) is 0 Å². The largest absolute Gasteiger partial charge is 0.493 e. The van der Waals surface area contributed by atoms with Crippen LogP contribution in [0.2, 0.25) is 0 Å². The standard InChI is InChI=1S/C24H23N3O5S/c1-5-10-27-17-11-15(6-8-18(17)32-13-21(27)28)22-14(2)33-24(25-22)26-23(29)16-7-9-19(30-3)20(12-16)31-4/h5-9,11-12H,1,10,13H2,2-4H3,(H,25,26,29). The van der Waals surface area contributed by atoms with Crippen molar-refractivity contribution in [1.82, 2.24) is 4.98 Å². The summed E-state index contributed by atoms with van der Waals surface area (Å²) in [6.45, 7) is 6.06. The summed E-state index contributed by atoms with van der Waals surface area (Å²) < 4.78 is 16.1. The first kappa shape index (κ1) is 22.3. The predicted molar refractivity (Wildman–Crippen MR) is 128 cm³/mol. The summed E-state index contributed by atoms with van der Waals surface area (Å²) in [6, 6.07) is 10.5. The molecule has 33 heavy (non-hydrogen) atoms. The summed E-state index contributed by atoms with van der Waals surface area (Å²) in [7, 11) is 3.06. The van der Waals surface area contributed by atoms with Crippen LogP contribution in [0.1, 0.15) is 15.2 Å². The van der Waals surface area contributed by atoms with Gasteiger partial charge in [-0.05, 0) is 43.3 Å². The van der Waals surface area contributed by atoms with E-state index in [1.54, 1.807) is 29.2 Å². The number of hydrogen-bond donors (Lipinski definition) is 1. The van der Waals surface area contributed by atoms with Crippen molar-refractivity contribution >= 4 is 34.0 Å². The molecule has 9 heteroatoms. The van der Waals surface area contributed by atoms with Crippen LogP contribution in [0.5, 0.6) is 17.2 Å². The Morgan fingerprint density at radius 2 is 2.03 bits per heavy atom. The van der Waals surface area contributed by atoms with Crippen molar-refractivity contribution < 1.29 is 23.8 Å². The molecule has 0 radical (unpaired) electrons. The van der Waals surface area contributed by atoms with E-state index in [4.69, 9.17) is 14.2 Å². The van der Waals surface area contributed by atoms with E-state index >= 15 is 0 Å². The lowest BCUT2D eigenvalue weighted by Gasteiger charge is -2.28. The number of rotatable bonds is 7. The number of amides is 2. The van der Waals surface area contributed by atoms with Crippen LogP contribution in [0.3, 0.4) is 0 Å². The van der Waals surface area contributed by atoms with Gasteiger partial charge in [0.15, 0.2) is 23.2 Å². The third kappa shape index (κ3) is 4.40. The van der Waals surface area contributed by atoms with Gasteiger partial charge >= 0.3 is 0 Å². The van der Waals surface area contributed by atoms with Crippen LogP contribution in [0.25, 0.3) is 11.3 Å². The molecule has 1 aliphatic rings. The van der Waals surface area contributed by atoms with E-state index < -0.39 is 0 Å². The van der Waals surface area contributed by atoms with Gasteiger partial charge in [-0.15, -0.1) is 17.9 Å². The molecule has 2 heterocycles. The molecule has 0 saturated carbocycles. The zero-order valence-electron chi connectivity index (χ0n) is 18.5. The number of anilines is 2. The van der Waals surface area contributed by atoms with Crippen LogP contribution in [0.4, 0.5) is 10.8 Å². The zero-order chi connectivity index (χ0) is 23.5. The third-order valence-electron chi connectivity index (χ3n) is 5.15. The highest BCUT2D eigenvalue weighted by atomic mass is 32.1. The lowest BCUT2D eigenvalue weighted by atomic mass is 10.1. The number of aryl methyl sites for hydroxylation is 1. The molecule has 4 rings (SSSR count). The molecule has 0 fully saturated rings. The fourth-order valence-electron chi connectivity index (χ4n) is 3.54. The summed E-state index contributed by atoms with van der Waals surface area (Å²) >= 11 is 1.37. The maximum atomic E-state index is 12.8. The molecule has 0 bridgehead atoms. The average Bonchev–Trinajstić information content (AvgIpc) is 3.19. The van der Waals surface area contributed by atoms with Crippen molar-refractivity contribution in [3.63, 3.8) is 0 Å². The Kier molecular flexibility index (Phi) is 6.32. The van der Waals surface area contributed by atoms with Gasteiger partial charge in [0.2, 0.25) is 0 Å². The third-order valence-corrected chi connectivity index (χ3v) is 6.04. The minimum atomic E-state index is -0.308. The number of carbonyl (C=O) groups is 2. The minimum Gasteiger partial charge on any atom is -0.493 e. The normalized spacial score (nSPS) is 12.6. The van der Waals surface area contributed by atoms with Crippen molar-refractivity contribution in [2.75, 3.05) is 37.6 Å². The first-order valence-corrected chi connectivity index (χ1v) is 11.0. The first-order valence-electron chi connectivity index (χ1n) is 10.1. The molecule has 170 valence electrons. The monoisotopic (exact) mass is 465 g/mol. The topological polar surface area (TPSA) is 90.0 Å². The Bertz CT molecular complexity index is 1240. The van der Waals surface area contributed by atoms with Gasteiger partial charge in [-0.1, -0.05) is 6.08 Å². The van der Waals surface area contributed by atoms with Gasteiger partial charge in [0.05, 0.1) is 25.6 Å². The molecule has 2 amide bonds. The maximum Gasteiger partial charge on any atom is 0.265 e. The fourth-order valence-corrected chi connectivity index (χ4v) is 4.37. The summed E-state index contributed by atoms with van der Waals surface area (Å²) in [5.74, 6) is 1.21. The molecule has 0 spiro atoms. The summed E-state index contributed by atoms with van der Waals surface area (Å²) in [5, 5.41) is 3.31. The Hall–Kier alpha value is -3.85. The van der Waals surface area contributed by atoms with Crippen molar-refractivity contribution in [2.45, 2.75) is 6.92 Å². The highest BCUT2D eigenvalue weighted by molar-refractivity contribution is 7.16. The van der Waals surface area contributed by atoms with E-state index in [0.29, 0.717) is 40.2 Å². The van der Waals surface area contributed by atoms with Crippen LogP contribution in [0.15, 0.2) is 49.1 Å². The van der Waals surface area contributed by atoms with Crippen molar-refractivity contribution in [3.05, 3.63) is 59.5 Å². The molecule has 8 nitrogen and oxygen atoms in total. The van der Waals surface area contributed by atoms with Crippen LogP contribution < -0.4 is 24.4 Å². The van der Waals surface area contributed by atoms with Crippen LogP contribution in [-0.2, 0) is 4.79 Å². The van der Waals surface area contributed by atoms with Gasteiger partial charge in [0.25, 0.3) is 11.8 Å². The summed E-state index contributed by atoms with van der Waals surface area (Å²) in [4.78, 5) is 32.2. The quantitative estimate of drug-likeness (QED) is 0.524. The Labute approximate surface area is 195 Å². The van der Waals surface area contributed by atoms with Gasteiger partial charge in [0, 0.05) is 22.5 Å². The molecule has 0 aliphatic carbocycles. The number of hydrogen-bond acceptors (Lipinski definition) is 7. The second-order valence-corrected chi connectivity index (χ2v) is 8.42. The number of fused-ring (bicyclic) bond motifs is 1. The van der Waals surface area contributed by atoms with Crippen molar-refractivity contribution in [2.24, 2.45) is 0 Å². The number of nitrogens with zero attached hydrogens (tertiary/aromatic N) is 2. The van der Waals surface area contributed by atoms with Crippen molar-refractivity contribution in [3.8, 4) is 28.5 Å². The van der Waals surface area contributed by atoms with Gasteiger partial charge in [0.1, 0.15) is 5.75 Å². The van der Waals surface area contributed by atoms with E-state index in [9.17, 15) is 9.59 Å². The summed E-state index contributed by atoms with van der Waals surface area (Å²) in [6.07, 6.45) is 1.68. The SMILES string of the molecule is C=CCN1C(=O)COc2ccc(-c3nc(NC(=O)c4ccc(OC)c(OC)c4)sc3C)cc21. The molecular weight excluding hydrogens is 442 g/mol. The van der Waals surface area contributed by atoms with E-state index in [1.807, 2.05) is 25.1 Å². The number of benzene rings is 2. The number of nitrogens with one attached hydrogen (secondary N) is 1. The van der Waals surface area contributed by atoms with Gasteiger partial charge in [-0.25, -0.2) is 4.98 Å². The first-order chi connectivity index (χ1) is 15.9. The zero-order valence-corrected chi connectivity index (χ0v) is 19.3. The summed E-state index contributed by atoms with van der Waals surface area (Å²) in [5.41, 5.74) is 2.64. The van der Waals surface area contributed by atoms with Gasteiger partial charge in [-0.3, -0.25) is 14.9 Å². The maximum absolute atomic E-state index is 12.8. The highest BCUT2D eigenvalue weighted by Gasteiger charge is 2.25. The van der Waals surface area contributed by atoms with Crippen LogP contribution in [0, 0.1) is 6.92 Å². The van der Waals surface area contributed by atoms with Crippen LogP contribution in [-0.4, -0.2) is 44.2 Å². The number of ether oxygens (including phenoxy) is 3. The molecule has 0 unspecified atom stereocenters. The number of aromatic nitrogens is 1. The predicted octanol–water partition coefficient (Wildman–Crippen LogP) is 4.30. The Balaban J connectivity index is 1.60. The van der Waals surface area contributed by atoms with Crippen LogP contribution >= 0.6 is 11.3 Å². The van der Waals surface area contributed by atoms with Gasteiger partial charge in [-0.2, -0.15) is 0 Å². The molecule has 1 aliphatic heterocycles. The van der Waals surface area contributed by atoms with Gasteiger partial charge < -0.3 is 19.1 Å². The Morgan fingerprint density at radius 1 is 1.24 bits per heavy atom. The minimum absolute atomic E-state index is 0.00222. The van der Waals surface area contributed by atoms with E-state index in [-0.39, 0.29) is 18.4 Å². The molecule has 0 atom stereocenters. The smallest absolute Gasteiger partial charge is 0.265 e. The average molecular weight is 466 g/mol. The van der Waals surface area contributed by atoms with E-state index in [1.165, 1.54) is 25.6 Å². The molecule has 3 aromatic rings. The molecule has 2 aromatic carbocycles. The molecular formula is C24H23N3O5S. The number of carbonyl (C=O) groups excluding carboxylic acids is 2. The highest BCUT2D eigenvalue weighted by Crippen LogP contribution is 2.38. The van der Waals surface area contributed by atoms with E-state index in [2.05, 4.69) is 16.9 Å².